The molecule has 0 amide bonds. The molecule has 0 heterocycles. The molecule has 110 valence electrons. The standard InChI is InChI=1S/C15H14BrFN2O2/c1-9-6-10(2)15(12(16)7-9)18-8-11-4-3-5-13(14(11)17)19(20)21/h3-7,18H,8H2,1-2H3. The maximum absolute atomic E-state index is 14.0. The molecule has 0 aliphatic heterocycles. The quantitative estimate of drug-likeness (QED) is 0.639. The zero-order chi connectivity index (χ0) is 15.6. The fourth-order valence-corrected chi connectivity index (χ4v) is 2.98. The van der Waals surface area contributed by atoms with Crippen LogP contribution in [0.25, 0.3) is 0 Å². The normalized spacial score (nSPS) is 10.5. The van der Waals surface area contributed by atoms with Crippen molar-refractivity contribution < 1.29 is 9.31 Å². The van der Waals surface area contributed by atoms with Gasteiger partial charge in [0.25, 0.3) is 0 Å². The van der Waals surface area contributed by atoms with E-state index in [9.17, 15) is 14.5 Å². The second kappa shape index (κ2) is 6.22. The fourth-order valence-electron chi connectivity index (χ4n) is 2.17. The molecule has 0 atom stereocenters. The Hall–Kier alpha value is -1.95. The number of nitro benzene ring substituents is 1. The van der Waals surface area contributed by atoms with E-state index in [0.29, 0.717) is 0 Å². The second-order valence-corrected chi connectivity index (χ2v) is 5.65. The number of benzene rings is 2. The lowest BCUT2D eigenvalue weighted by molar-refractivity contribution is -0.387. The first-order chi connectivity index (χ1) is 9.90. The van der Waals surface area contributed by atoms with Crippen molar-refractivity contribution >= 4 is 27.3 Å². The molecule has 0 unspecified atom stereocenters. The minimum atomic E-state index is -0.795. The Bertz CT molecular complexity index is 681. The van der Waals surface area contributed by atoms with Gasteiger partial charge in [-0.1, -0.05) is 18.2 Å². The van der Waals surface area contributed by atoms with Crippen LogP contribution in [0.15, 0.2) is 34.8 Å². The molecule has 0 spiro atoms. The summed E-state index contributed by atoms with van der Waals surface area (Å²) >= 11 is 3.46. The third-order valence-electron chi connectivity index (χ3n) is 3.14. The largest absolute Gasteiger partial charge is 0.380 e. The topological polar surface area (TPSA) is 55.2 Å². The first kappa shape index (κ1) is 15.4. The average molecular weight is 353 g/mol. The van der Waals surface area contributed by atoms with Crippen molar-refractivity contribution in [1.82, 2.24) is 0 Å². The van der Waals surface area contributed by atoms with Crippen LogP contribution < -0.4 is 5.32 Å². The summed E-state index contributed by atoms with van der Waals surface area (Å²) in [6, 6.07) is 8.14. The van der Waals surface area contributed by atoms with Crippen LogP contribution >= 0.6 is 15.9 Å². The molecule has 1 N–H and O–H groups in total. The summed E-state index contributed by atoms with van der Waals surface area (Å²) < 4.78 is 14.9. The van der Waals surface area contributed by atoms with Gasteiger partial charge in [-0.15, -0.1) is 0 Å². The van der Waals surface area contributed by atoms with E-state index in [2.05, 4.69) is 21.2 Å². The van der Waals surface area contributed by atoms with Crippen molar-refractivity contribution in [2.45, 2.75) is 20.4 Å². The molecule has 0 aromatic heterocycles. The van der Waals surface area contributed by atoms with E-state index >= 15 is 0 Å². The Kier molecular flexibility index (Phi) is 4.57. The summed E-state index contributed by atoms with van der Waals surface area (Å²) in [6.45, 7) is 4.11. The van der Waals surface area contributed by atoms with Crippen molar-refractivity contribution in [1.29, 1.82) is 0 Å². The van der Waals surface area contributed by atoms with Crippen LogP contribution in [0, 0.1) is 29.8 Å². The Morgan fingerprint density at radius 1 is 1.33 bits per heavy atom. The molecule has 0 saturated carbocycles. The van der Waals surface area contributed by atoms with E-state index in [-0.39, 0.29) is 12.1 Å². The summed E-state index contributed by atoms with van der Waals surface area (Å²) in [4.78, 5) is 10.0. The van der Waals surface area contributed by atoms with Gasteiger partial charge in [-0.25, -0.2) is 0 Å². The molecule has 21 heavy (non-hydrogen) atoms. The monoisotopic (exact) mass is 352 g/mol. The molecule has 0 bridgehead atoms. The fraction of sp³-hybridized carbons (Fsp3) is 0.200. The maximum atomic E-state index is 14.0. The summed E-state index contributed by atoms with van der Waals surface area (Å²) in [5.74, 6) is -0.795. The Labute approximate surface area is 130 Å². The minimum absolute atomic E-state index is 0.177. The molecule has 0 radical (unpaired) electrons. The number of rotatable bonds is 4. The highest BCUT2D eigenvalue weighted by Gasteiger charge is 2.17. The number of nitrogens with one attached hydrogen (secondary N) is 1. The van der Waals surface area contributed by atoms with Crippen molar-refractivity contribution in [2.75, 3.05) is 5.32 Å². The number of hydrogen-bond acceptors (Lipinski definition) is 3. The van der Waals surface area contributed by atoms with Crippen molar-refractivity contribution in [3.05, 3.63) is 67.4 Å². The molecule has 0 saturated heterocycles. The molecular weight excluding hydrogens is 339 g/mol. The first-order valence-electron chi connectivity index (χ1n) is 6.32. The first-order valence-corrected chi connectivity index (χ1v) is 7.12. The molecule has 0 fully saturated rings. The van der Waals surface area contributed by atoms with Gasteiger partial charge in [0, 0.05) is 22.6 Å². The summed E-state index contributed by atoms with van der Waals surface area (Å²) in [6.07, 6.45) is 0. The van der Waals surface area contributed by atoms with Crippen LogP contribution in [-0.2, 0) is 6.54 Å². The number of anilines is 1. The lowest BCUT2D eigenvalue weighted by Crippen LogP contribution is -2.05. The number of nitro groups is 1. The van der Waals surface area contributed by atoms with Gasteiger partial charge < -0.3 is 5.32 Å². The highest BCUT2D eigenvalue weighted by molar-refractivity contribution is 9.10. The number of nitrogens with zero attached hydrogens (tertiary/aromatic N) is 1. The molecule has 0 aliphatic rings. The van der Waals surface area contributed by atoms with Gasteiger partial charge in [-0.3, -0.25) is 10.1 Å². The third kappa shape index (κ3) is 3.39. The SMILES string of the molecule is Cc1cc(C)c(NCc2cccc([N+](=O)[O-])c2F)c(Br)c1. The van der Waals surface area contributed by atoms with Gasteiger partial charge in [0.1, 0.15) is 0 Å². The third-order valence-corrected chi connectivity index (χ3v) is 3.77. The molecule has 2 rings (SSSR count). The molecule has 0 aliphatic carbocycles. The van der Waals surface area contributed by atoms with Gasteiger partial charge in [-0.2, -0.15) is 4.39 Å². The van der Waals surface area contributed by atoms with E-state index in [1.165, 1.54) is 12.1 Å². The van der Waals surface area contributed by atoms with Gasteiger partial charge in [0.05, 0.1) is 10.6 Å². The molecule has 2 aromatic carbocycles. The van der Waals surface area contributed by atoms with Gasteiger partial charge >= 0.3 is 5.69 Å². The van der Waals surface area contributed by atoms with Crippen LogP contribution in [-0.4, -0.2) is 4.92 Å². The lowest BCUT2D eigenvalue weighted by atomic mass is 10.1. The van der Waals surface area contributed by atoms with E-state index < -0.39 is 16.4 Å². The predicted molar refractivity (Wildman–Crippen MR) is 84.0 cm³/mol. The zero-order valence-electron chi connectivity index (χ0n) is 11.6. The smallest absolute Gasteiger partial charge is 0.305 e. The highest BCUT2D eigenvalue weighted by atomic mass is 79.9. The summed E-state index contributed by atoms with van der Waals surface area (Å²) in [5.41, 5.74) is 2.75. The van der Waals surface area contributed by atoms with Crippen LogP contribution in [0.1, 0.15) is 16.7 Å². The molecule has 2 aromatic rings. The average Bonchev–Trinajstić information content (AvgIpc) is 2.38. The van der Waals surface area contributed by atoms with E-state index in [1.54, 1.807) is 0 Å². The predicted octanol–water partition coefficient (Wildman–Crippen LogP) is 4.73. The highest BCUT2D eigenvalue weighted by Crippen LogP contribution is 2.29. The molecule has 4 nitrogen and oxygen atoms in total. The van der Waals surface area contributed by atoms with Crippen molar-refractivity contribution in [2.24, 2.45) is 0 Å². The second-order valence-electron chi connectivity index (χ2n) is 4.80. The summed E-state index contributed by atoms with van der Waals surface area (Å²) in [5, 5.41) is 13.9. The number of hydrogen-bond donors (Lipinski definition) is 1. The number of aryl methyl sites for hydroxylation is 2. The van der Waals surface area contributed by atoms with Crippen LogP contribution in [0.3, 0.4) is 0 Å². The van der Waals surface area contributed by atoms with E-state index in [1.807, 2.05) is 26.0 Å². The van der Waals surface area contributed by atoms with Gasteiger partial charge in [0.2, 0.25) is 5.82 Å². The number of halogens is 2. The maximum Gasteiger partial charge on any atom is 0.305 e. The van der Waals surface area contributed by atoms with Crippen LogP contribution in [0.4, 0.5) is 15.8 Å². The zero-order valence-corrected chi connectivity index (χ0v) is 13.2. The van der Waals surface area contributed by atoms with Crippen molar-refractivity contribution in [3.63, 3.8) is 0 Å². The minimum Gasteiger partial charge on any atom is -0.380 e. The Balaban J connectivity index is 2.25. The lowest BCUT2D eigenvalue weighted by Gasteiger charge is -2.13. The van der Waals surface area contributed by atoms with Crippen molar-refractivity contribution in [3.8, 4) is 0 Å². The van der Waals surface area contributed by atoms with E-state index in [4.69, 9.17) is 0 Å². The summed E-state index contributed by atoms with van der Waals surface area (Å²) in [7, 11) is 0. The van der Waals surface area contributed by atoms with Gasteiger partial charge in [0.15, 0.2) is 0 Å². The molecular formula is C15H14BrFN2O2. The van der Waals surface area contributed by atoms with E-state index in [0.717, 1.165) is 27.4 Å². The molecule has 6 heteroatoms. The Morgan fingerprint density at radius 2 is 2.05 bits per heavy atom. The van der Waals surface area contributed by atoms with Crippen LogP contribution in [0.2, 0.25) is 0 Å². The van der Waals surface area contributed by atoms with Crippen LogP contribution in [0.5, 0.6) is 0 Å². The van der Waals surface area contributed by atoms with Gasteiger partial charge in [-0.05, 0) is 47.0 Å². The Morgan fingerprint density at radius 3 is 2.67 bits per heavy atom.